The van der Waals surface area contributed by atoms with Crippen molar-refractivity contribution >= 4 is 23.4 Å². The zero-order valence-corrected chi connectivity index (χ0v) is 17.7. The summed E-state index contributed by atoms with van der Waals surface area (Å²) in [6.07, 6.45) is 0. The van der Waals surface area contributed by atoms with Gasteiger partial charge in [-0.05, 0) is 36.8 Å². The van der Waals surface area contributed by atoms with E-state index in [-0.39, 0.29) is 5.91 Å². The topological polar surface area (TPSA) is 59.4 Å². The van der Waals surface area contributed by atoms with Crippen molar-refractivity contribution in [2.45, 2.75) is 18.7 Å². The molecule has 5 nitrogen and oxygen atoms in total. The van der Waals surface area contributed by atoms with E-state index in [2.05, 4.69) is 52.4 Å². The Balaban J connectivity index is 1.32. The van der Waals surface area contributed by atoms with E-state index < -0.39 is 0 Å². The molecular weight excluding hydrogens is 380 g/mol. The molecule has 1 saturated heterocycles. The van der Waals surface area contributed by atoms with Gasteiger partial charge in [0.1, 0.15) is 0 Å². The predicted octanol–water partition coefficient (Wildman–Crippen LogP) is 3.12. The number of benzene rings is 2. The van der Waals surface area contributed by atoms with Crippen molar-refractivity contribution < 1.29 is 4.79 Å². The van der Waals surface area contributed by atoms with E-state index in [0.29, 0.717) is 23.9 Å². The van der Waals surface area contributed by atoms with E-state index in [4.69, 9.17) is 5.26 Å². The third kappa shape index (κ3) is 6.52. The molecule has 1 fully saturated rings. The molecule has 0 saturated carbocycles. The number of para-hydroxylation sites is 1. The van der Waals surface area contributed by atoms with Crippen molar-refractivity contribution in [3.63, 3.8) is 0 Å². The highest BCUT2D eigenvalue weighted by atomic mass is 32.2. The second-order valence-corrected chi connectivity index (χ2v) is 8.30. The third-order valence-corrected chi connectivity index (χ3v) is 6.24. The predicted molar refractivity (Wildman–Crippen MR) is 120 cm³/mol. The van der Waals surface area contributed by atoms with Crippen LogP contribution in [0.15, 0.2) is 54.6 Å². The highest BCUT2D eigenvalue weighted by molar-refractivity contribution is 7.99. The maximum absolute atomic E-state index is 12.2. The van der Waals surface area contributed by atoms with Crippen molar-refractivity contribution in [2.24, 2.45) is 0 Å². The van der Waals surface area contributed by atoms with Crippen LogP contribution in [0.25, 0.3) is 0 Å². The number of nitrogens with one attached hydrogen (secondary N) is 1. The largest absolute Gasteiger partial charge is 0.369 e. The third-order valence-electron chi connectivity index (χ3n) is 5.24. The quantitative estimate of drug-likeness (QED) is 0.727. The Kier molecular flexibility index (Phi) is 7.97. The van der Waals surface area contributed by atoms with Gasteiger partial charge in [-0.1, -0.05) is 30.3 Å². The Morgan fingerprint density at radius 3 is 2.45 bits per heavy atom. The summed E-state index contributed by atoms with van der Waals surface area (Å²) >= 11 is 1.60. The Labute approximate surface area is 177 Å². The number of hydrogen-bond acceptors (Lipinski definition) is 5. The fourth-order valence-electron chi connectivity index (χ4n) is 3.44. The van der Waals surface area contributed by atoms with Crippen LogP contribution in [0.1, 0.15) is 18.1 Å². The molecule has 1 N–H and O–H groups in total. The Bertz CT molecular complexity index is 811. The molecule has 29 heavy (non-hydrogen) atoms. The molecule has 1 atom stereocenters. The molecule has 1 amide bonds. The number of rotatable bonds is 8. The summed E-state index contributed by atoms with van der Waals surface area (Å²) < 4.78 is 0. The summed E-state index contributed by atoms with van der Waals surface area (Å²) in [7, 11) is 0. The molecule has 1 unspecified atom stereocenters. The number of piperazine rings is 1. The molecule has 1 aliphatic rings. The fraction of sp³-hybridized carbons (Fsp3) is 0.391. The zero-order valence-electron chi connectivity index (χ0n) is 16.9. The second-order valence-electron chi connectivity index (χ2n) is 7.31. The molecule has 0 aromatic heterocycles. The minimum Gasteiger partial charge on any atom is -0.369 e. The van der Waals surface area contributed by atoms with Crippen LogP contribution in [0.3, 0.4) is 0 Å². The van der Waals surface area contributed by atoms with Gasteiger partial charge in [-0.3, -0.25) is 9.69 Å². The van der Waals surface area contributed by atoms with Crippen LogP contribution < -0.4 is 10.2 Å². The standard InChI is InChI=1S/C23H28N4OS/c1-19(26-11-13-27(14-12-26)22-5-3-2-4-6-22)16-25-23(28)18-29-17-21-9-7-20(15-24)8-10-21/h2-10,19H,11-14,16-18H2,1H3,(H,25,28). The summed E-state index contributed by atoms with van der Waals surface area (Å²) in [4.78, 5) is 17.0. The Morgan fingerprint density at radius 2 is 1.79 bits per heavy atom. The molecule has 1 aliphatic heterocycles. The van der Waals surface area contributed by atoms with Gasteiger partial charge in [-0.15, -0.1) is 11.8 Å². The second kappa shape index (κ2) is 10.9. The van der Waals surface area contributed by atoms with Gasteiger partial charge in [0.15, 0.2) is 0 Å². The van der Waals surface area contributed by atoms with Crippen molar-refractivity contribution in [1.82, 2.24) is 10.2 Å². The van der Waals surface area contributed by atoms with Crippen molar-refractivity contribution in [1.29, 1.82) is 5.26 Å². The number of carbonyl (C=O) groups excluding carboxylic acids is 1. The molecule has 3 rings (SSSR count). The van der Waals surface area contributed by atoms with Gasteiger partial charge in [0.2, 0.25) is 5.91 Å². The lowest BCUT2D eigenvalue weighted by Crippen LogP contribution is -2.52. The van der Waals surface area contributed by atoms with Crippen LogP contribution in [0.5, 0.6) is 0 Å². The first kappa shape index (κ1) is 21.2. The van der Waals surface area contributed by atoms with Crippen molar-refractivity contribution in [3.05, 3.63) is 65.7 Å². The maximum atomic E-state index is 12.2. The normalized spacial score (nSPS) is 15.5. The summed E-state index contributed by atoms with van der Waals surface area (Å²) in [5.41, 5.74) is 3.08. The molecule has 0 bridgehead atoms. The van der Waals surface area contributed by atoms with E-state index in [1.165, 1.54) is 5.69 Å². The first-order valence-electron chi connectivity index (χ1n) is 10.0. The monoisotopic (exact) mass is 408 g/mol. The van der Waals surface area contributed by atoms with Crippen LogP contribution >= 0.6 is 11.8 Å². The lowest BCUT2D eigenvalue weighted by atomic mass is 10.2. The van der Waals surface area contributed by atoms with Crippen LogP contribution in [-0.2, 0) is 10.5 Å². The fourth-order valence-corrected chi connectivity index (χ4v) is 4.26. The van der Waals surface area contributed by atoms with E-state index in [1.54, 1.807) is 11.8 Å². The van der Waals surface area contributed by atoms with E-state index >= 15 is 0 Å². The van der Waals surface area contributed by atoms with Gasteiger partial charge >= 0.3 is 0 Å². The van der Waals surface area contributed by atoms with Gasteiger partial charge in [0.25, 0.3) is 0 Å². The number of hydrogen-bond donors (Lipinski definition) is 1. The first-order valence-corrected chi connectivity index (χ1v) is 11.2. The molecule has 0 aliphatic carbocycles. The van der Waals surface area contributed by atoms with E-state index in [1.807, 2.05) is 30.3 Å². The van der Waals surface area contributed by atoms with Crippen LogP contribution in [0, 0.1) is 11.3 Å². The molecule has 2 aromatic rings. The van der Waals surface area contributed by atoms with Crippen molar-refractivity contribution in [3.8, 4) is 6.07 Å². The van der Waals surface area contributed by atoms with E-state index in [0.717, 1.165) is 37.5 Å². The Hall–Kier alpha value is -2.49. The minimum atomic E-state index is 0.0819. The molecule has 6 heteroatoms. The highest BCUT2D eigenvalue weighted by Crippen LogP contribution is 2.16. The van der Waals surface area contributed by atoms with Gasteiger partial charge in [0.05, 0.1) is 17.4 Å². The zero-order chi connectivity index (χ0) is 20.5. The lowest BCUT2D eigenvalue weighted by molar-refractivity contribution is -0.118. The minimum absolute atomic E-state index is 0.0819. The summed E-state index contributed by atoms with van der Waals surface area (Å²) in [6, 6.07) is 20.5. The Morgan fingerprint density at radius 1 is 1.10 bits per heavy atom. The molecule has 0 radical (unpaired) electrons. The van der Waals surface area contributed by atoms with Crippen LogP contribution in [-0.4, -0.2) is 55.3 Å². The number of anilines is 1. The number of amides is 1. The number of thioether (sulfide) groups is 1. The SMILES string of the molecule is CC(CNC(=O)CSCc1ccc(C#N)cc1)N1CCN(c2ccccc2)CC1. The molecule has 1 heterocycles. The van der Waals surface area contributed by atoms with Crippen LogP contribution in [0.2, 0.25) is 0 Å². The van der Waals surface area contributed by atoms with Gasteiger partial charge in [0, 0.05) is 50.2 Å². The van der Waals surface area contributed by atoms with E-state index in [9.17, 15) is 4.79 Å². The number of nitrogens with zero attached hydrogens (tertiary/aromatic N) is 3. The summed E-state index contributed by atoms with van der Waals surface area (Å²) in [5, 5.41) is 11.9. The first-order chi connectivity index (χ1) is 14.2. The lowest BCUT2D eigenvalue weighted by Gasteiger charge is -2.39. The summed E-state index contributed by atoms with van der Waals surface area (Å²) in [5.74, 6) is 1.31. The molecule has 0 spiro atoms. The molecule has 2 aromatic carbocycles. The van der Waals surface area contributed by atoms with Gasteiger partial charge in [-0.2, -0.15) is 5.26 Å². The van der Waals surface area contributed by atoms with Gasteiger partial charge in [-0.25, -0.2) is 0 Å². The van der Waals surface area contributed by atoms with Crippen LogP contribution in [0.4, 0.5) is 5.69 Å². The average molecular weight is 409 g/mol. The number of carbonyl (C=O) groups is 1. The maximum Gasteiger partial charge on any atom is 0.230 e. The smallest absolute Gasteiger partial charge is 0.230 e. The number of nitriles is 1. The van der Waals surface area contributed by atoms with Gasteiger partial charge < -0.3 is 10.2 Å². The average Bonchev–Trinajstić information content (AvgIpc) is 2.78. The molecule has 152 valence electrons. The molecular formula is C23H28N4OS. The summed E-state index contributed by atoms with van der Waals surface area (Å²) in [6.45, 7) is 6.92. The van der Waals surface area contributed by atoms with Crippen molar-refractivity contribution in [2.75, 3.05) is 43.4 Å². The highest BCUT2D eigenvalue weighted by Gasteiger charge is 2.21.